The van der Waals surface area contributed by atoms with Gasteiger partial charge in [0.25, 0.3) is 5.56 Å². The number of rotatable bonds is 7. The molecule has 0 fully saturated rings. The van der Waals surface area contributed by atoms with Crippen molar-refractivity contribution in [3.8, 4) is 17.2 Å². The van der Waals surface area contributed by atoms with Crippen LogP contribution in [-0.2, 0) is 0 Å². The largest absolute Gasteiger partial charge is 0.504 e. The minimum atomic E-state index is -0.464. The number of nitrogens with one attached hydrogen (secondary N) is 1. The zero-order valence-electron chi connectivity index (χ0n) is 15.2. The highest BCUT2D eigenvalue weighted by atomic mass is 16.5. The number of methoxy groups -OCH3 is 1. The predicted molar refractivity (Wildman–Crippen MR) is 101 cm³/mol. The highest BCUT2D eigenvalue weighted by Gasteiger charge is 2.13. The van der Waals surface area contributed by atoms with E-state index < -0.39 is 5.56 Å². The van der Waals surface area contributed by atoms with E-state index >= 15 is 0 Å². The van der Waals surface area contributed by atoms with E-state index in [1.807, 2.05) is 13.0 Å². The number of aromatic nitrogens is 1. The van der Waals surface area contributed by atoms with Crippen LogP contribution in [0.5, 0.6) is 17.2 Å². The van der Waals surface area contributed by atoms with E-state index in [0.29, 0.717) is 16.7 Å². The van der Waals surface area contributed by atoms with Crippen LogP contribution in [0.2, 0.25) is 0 Å². The number of benzene rings is 1. The standard InChI is InChI=1S/C20H25NO4/c1-13(2)6-5-7-14(3)10-11-25-19-18(22)16-9-8-15(24-4)12-17(16)21-20(19)23/h6,8-10,12H,5,7,11H2,1-4H3,(H2,21,22,23)/b14-10+. The molecule has 0 aliphatic carbocycles. The SMILES string of the molecule is COc1ccc2c(O)c(OC/C=C(\C)CCC=C(C)C)c(=O)[nH]c2c1. The molecular weight excluding hydrogens is 318 g/mol. The quantitative estimate of drug-likeness (QED) is 0.735. The molecule has 1 aromatic carbocycles. The number of aromatic hydroxyl groups is 1. The van der Waals surface area contributed by atoms with E-state index in [1.54, 1.807) is 25.3 Å². The molecule has 1 aromatic heterocycles. The summed E-state index contributed by atoms with van der Waals surface area (Å²) in [7, 11) is 1.54. The molecule has 2 rings (SSSR count). The van der Waals surface area contributed by atoms with Gasteiger partial charge in [-0.05, 0) is 51.8 Å². The van der Waals surface area contributed by atoms with Gasteiger partial charge in [0.15, 0.2) is 5.75 Å². The van der Waals surface area contributed by atoms with Gasteiger partial charge in [-0.25, -0.2) is 0 Å². The van der Waals surface area contributed by atoms with Crippen LogP contribution in [0.15, 0.2) is 46.3 Å². The van der Waals surface area contributed by atoms with Gasteiger partial charge in [0.05, 0.1) is 12.6 Å². The van der Waals surface area contributed by atoms with Crippen LogP contribution in [0.3, 0.4) is 0 Å². The Morgan fingerprint density at radius 2 is 2.00 bits per heavy atom. The molecule has 0 aliphatic rings. The Bertz CT molecular complexity index is 858. The molecule has 0 bridgehead atoms. The van der Waals surface area contributed by atoms with Crippen LogP contribution in [0, 0.1) is 0 Å². The van der Waals surface area contributed by atoms with Gasteiger partial charge in [0.2, 0.25) is 5.75 Å². The molecule has 134 valence electrons. The summed E-state index contributed by atoms with van der Waals surface area (Å²) in [5, 5.41) is 10.9. The number of aromatic amines is 1. The number of ether oxygens (including phenoxy) is 2. The predicted octanol–water partition coefficient (Wildman–Crippen LogP) is 4.31. The van der Waals surface area contributed by atoms with Crippen LogP contribution in [0.4, 0.5) is 0 Å². The zero-order chi connectivity index (χ0) is 18.4. The first-order valence-electron chi connectivity index (χ1n) is 8.27. The summed E-state index contributed by atoms with van der Waals surface area (Å²) >= 11 is 0. The molecule has 0 amide bonds. The van der Waals surface area contributed by atoms with Gasteiger partial charge in [0, 0.05) is 11.5 Å². The lowest BCUT2D eigenvalue weighted by Gasteiger charge is -2.09. The summed E-state index contributed by atoms with van der Waals surface area (Å²) in [4.78, 5) is 14.9. The summed E-state index contributed by atoms with van der Waals surface area (Å²) in [6.45, 7) is 6.41. The number of fused-ring (bicyclic) bond motifs is 1. The monoisotopic (exact) mass is 343 g/mol. The Kier molecular flexibility index (Phi) is 6.28. The van der Waals surface area contributed by atoms with Crippen LogP contribution < -0.4 is 15.0 Å². The summed E-state index contributed by atoms with van der Waals surface area (Å²) in [6, 6.07) is 5.07. The van der Waals surface area contributed by atoms with Gasteiger partial charge in [-0.3, -0.25) is 4.79 Å². The fourth-order valence-corrected chi connectivity index (χ4v) is 2.46. The molecule has 1 heterocycles. The molecule has 5 heteroatoms. The van der Waals surface area contributed by atoms with Gasteiger partial charge in [0.1, 0.15) is 12.4 Å². The fraction of sp³-hybridized carbons (Fsp3) is 0.350. The minimum Gasteiger partial charge on any atom is -0.504 e. The van der Waals surface area contributed by atoms with Crippen molar-refractivity contribution < 1.29 is 14.6 Å². The molecule has 0 aliphatic heterocycles. The van der Waals surface area contributed by atoms with E-state index in [2.05, 4.69) is 24.9 Å². The Balaban J connectivity index is 2.13. The summed E-state index contributed by atoms with van der Waals surface area (Å²) < 4.78 is 10.6. The molecule has 0 unspecified atom stereocenters. The Morgan fingerprint density at radius 1 is 1.24 bits per heavy atom. The Labute approximate surface area is 147 Å². The first kappa shape index (κ1) is 18.6. The van der Waals surface area contributed by atoms with Crippen LogP contribution in [-0.4, -0.2) is 23.8 Å². The van der Waals surface area contributed by atoms with E-state index in [9.17, 15) is 9.90 Å². The molecule has 0 atom stereocenters. The van der Waals surface area contributed by atoms with E-state index in [4.69, 9.17) is 9.47 Å². The summed E-state index contributed by atoms with van der Waals surface area (Å²) in [5.41, 5.74) is 2.52. The number of allylic oxidation sites excluding steroid dienone is 3. The maximum atomic E-state index is 12.2. The third-order valence-corrected chi connectivity index (χ3v) is 3.90. The molecule has 2 N–H and O–H groups in total. The lowest BCUT2D eigenvalue weighted by Crippen LogP contribution is -2.12. The average molecular weight is 343 g/mol. The average Bonchev–Trinajstić information content (AvgIpc) is 2.56. The van der Waals surface area contributed by atoms with Gasteiger partial charge >= 0.3 is 0 Å². The Hall–Kier alpha value is -2.69. The second kappa shape index (κ2) is 8.42. The molecule has 0 spiro atoms. The number of hydrogen-bond acceptors (Lipinski definition) is 4. The molecule has 2 aromatic rings. The highest BCUT2D eigenvalue weighted by molar-refractivity contribution is 5.87. The molecule has 0 saturated carbocycles. The second-order valence-corrected chi connectivity index (χ2v) is 6.22. The molecule has 25 heavy (non-hydrogen) atoms. The van der Waals surface area contributed by atoms with Crippen molar-refractivity contribution in [2.45, 2.75) is 33.6 Å². The van der Waals surface area contributed by atoms with E-state index in [1.165, 1.54) is 11.1 Å². The first-order valence-corrected chi connectivity index (χ1v) is 8.27. The number of pyridine rings is 1. The summed E-state index contributed by atoms with van der Waals surface area (Å²) in [6.07, 6.45) is 6.03. The molecule has 5 nitrogen and oxygen atoms in total. The van der Waals surface area contributed by atoms with Crippen LogP contribution in [0.25, 0.3) is 10.9 Å². The minimum absolute atomic E-state index is 0.0639. The smallest absolute Gasteiger partial charge is 0.294 e. The van der Waals surface area contributed by atoms with Crippen molar-refractivity contribution in [2.75, 3.05) is 13.7 Å². The van der Waals surface area contributed by atoms with Gasteiger partial charge < -0.3 is 19.6 Å². The van der Waals surface area contributed by atoms with Crippen molar-refractivity contribution in [2.24, 2.45) is 0 Å². The normalized spacial score (nSPS) is 11.4. The molecule has 0 saturated heterocycles. The first-order chi connectivity index (χ1) is 11.9. The maximum Gasteiger partial charge on any atom is 0.294 e. The number of H-pyrrole nitrogens is 1. The number of hydrogen-bond donors (Lipinski definition) is 2. The highest BCUT2D eigenvalue weighted by Crippen LogP contribution is 2.31. The summed E-state index contributed by atoms with van der Waals surface area (Å²) in [5.74, 6) is 0.383. The molecule has 0 radical (unpaired) electrons. The van der Waals surface area contributed by atoms with Crippen LogP contribution in [0.1, 0.15) is 33.6 Å². The van der Waals surface area contributed by atoms with Crippen molar-refractivity contribution in [3.63, 3.8) is 0 Å². The van der Waals surface area contributed by atoms with E-state index in [-0.39, 0.29) is 18.1 Å². The lowest BCUT2D eigenvalue weighted by molar-refractivity contribution is 0.332. The van der Waals surface area contributed by atoms with Crippen LogP contribution >= 0.6 is 0 Å². The van der Waals surface area contributed by atoms with Gasteiger partial charge in [-0.15, -0.1) is 0 Å². The maximum absolute atomic E-state index is 12.2. The third-order valence-electron chi connectivity index (χ3n) is 3.90. The van der Waals surface area contributed by atoms with E-state index in [0.717, 1.165) is 12.8 Å². The zero-order valence-corrected chi connectivity index (χ0v) is 15.2. The van der Waals surface area contributed by atoms with Crippen molar-refractivity contribution in [1.29, 1.82) is 0 Å². The van der Waals surface area contributed by atoms with Crippen molar-refractivity contribution >= 4 is 10.9 Å². The fourth-order valence-electron chi connectivity index (χ4n) is 2.46. The lowest BCUT2D eigenvalue weighted by atomic mass is 10.1. The van der Waals surface area contributed by atoms with Gasteiger partial charge in [-0.2, -0.15) is 0 Å². The molecular formula is C20H25NO4. The van der Waals surface area contributed by atoms with Crippen molar-refractivity contribution in [1.82, 2.24) is 4.98 Å². The van der Waals surface area contributed by atoms with Crippen molar-refractivity contribution in [3.05, 3.63) is 51.9 Å². The third kappa shape index (κ3) is 4.89. The Morgan fingerprint density at radius 3 is 2.68 bits per heavy atom. The van der Waals surface area contributed by atoms with Gasteiger partial charge in [-0.1, -0.05) is 17.2 Å². The second-order valence-electron chi connectivity index (χ2n) is 6.22. The topological polar surface area (TPSA) is 71.5 Å².